The Morgan fingerprint density at radius 1 is 1.22 bits per heavy atom. The maximum Gasteiger partial charge on any atom is 0.362 e. The van der Waals surface area contributed by atoms with Gasteiger partial charge in [-0.2, -0.15) is 5.10 Å². The largest absolute Gasteiger partial charge is 1.00 e. The topological polar surface area (TPSA) is 78.4 Å². The van der Waals surface area contributed by atoms with E-state index in [1.807, 2.05) is 6.92 Å². The van der Waals surface area contributed by atoms with Crippen LogP contribution in [0.5, 0.6) is 0 Å². The lowest BCUT2D eigenvalue weighted by Gasteiger charge is -2.37. The summed E-state index contributed by atoms with van der Waals surface area (Å²) in [4.78, 5) is 0. The first-order valence-corrected chi connectivity index (χ1v) is 6.59. The molecule has 4 nitrogen and oxygen atoms in total. The normalized spacial score (nSPS) is 18.1. The first-order chi connectivity index (χ1) is 7.92. The van der Waals surface area contributed by atoms with Crippen LogP contribution in [0.4, 0.5) is 0 Å². The molecule has 5 N–H and O–H groups in total. The summed E-state index contributed by atoms with van der Waals surface area (Å²) in [6.07, 6.45) is 7.88. The van der Waals surface area contributed by atoms with E-state index in [1.165, 1.54) is 32.1 Å². The van der Waals surface area contributed by atoms with Crippen LogP contribution in [-0.4, -0.2) is 11.7 Å². The maximum absolute atomic E-state index is 5.32. The van der Waals surface area contributed by atoms with Gasteiger partial charge in [-0.1, -0.05) is 33.1 Å². The van der Waals surface area contributed by atoms with E-state index in [0.29, 0.717) is 5.41 Å². The molecule has 106 valence electrons. The third kappa shape index (κ3) is 5.71. The summed E-state index contributed by atoms with van der Waals surface area (Å²) < 4.78 is 0. The van der Waals surface area contributed by atoms with Crippen molar-refractivity contribution in [3.63, 3.8) is 0 Å². The minimum absolute atomic E-state index is 0. The van der Waals surface area contributed by atoms with Crippen LogP contribution in [0, 0.1) is 11.3 Å². The molecule has 5 heteroatoms. The summed E-state index contributed by atoms with van der Waals surface area (Å²) in [5.41, 5.74) is 12.0. The van der Waals surface area contributed by atoms with Gasteiger partial charge in [-0.3, -0.25) is 11.5 Å². The highest BCUT2D eigenvalue weighted by Gasteiger charge is 2.31. The highest BCUT2D eigenvalue weighted by Crippen LogP contribution is 2.40. The number of halogens is 1. The van der Waals surface area contributed by atoms with E-state index in [2.05, 4.69) is 24.1 Å². The molecule has 0 aromatic heterocycles. The number of hydrogen-bond donors (Lipinski definition) is 3. The molecule has 0 amide bonds. The molecule has 1 rings (SSSR count). The molecule has 18 heavy (non-hydrogen) atoms. The van der Waals surface area contributed by atoms with Gasteiger partial charge in [0.2, 0.25) is 0 Å². The number of hydrazone groups is 1. The lowest BCUT2D eigenvalue weighted by molar-refractivity contribution is -0.464. The molecule has 0 heterocycles. The van der Waals surface area contributed by atoms with Gasteiger partial charge in [0.25, 0.3) is 0 Å². The molecular weight excluding hydrogens is 248 g/mol. The van der Waals surface area contributed by atoms with Gasteiger partial charge in [-0.15, -0.1) is 5.10 Å². The second-order valence-electron chi connectivity index (χ2n) is 5.91. The van der Waals surface area contributed by atoms with Gasteiger partial charge >= 0.3 is 5.96 Å². The number of nitrogens with two attached hydrogens (primary N) is 2. The lowest BCUT2D eigenvalue weighted by Crippen LogP contribution is -3.00. The predicted octanol–water partition coefficient (Wildman–Crippen LogP) is -2.28. The van der Waals surface area contributed by atoms with Crippen LogP contribution in [0.1, 0.15) is 59.3 Å². The van der Waals surface area contributed by atoms with Crippen molar-refractivity contribution in [3.8, 4) is 0 Å². The number of hydrogen-bond acceptors (Lipinski definition) is 1. The molecule has 1 saturated carbocycles. The zero-order valence-electron chi connectivity index (χ0n) is 11.8. The van der Waals surface area contributed by atoms with Gasteiger partial charge in [0.1, 0.15) is 0 Å². The number of nitrogens with zero attached hydrogens (tertiary/aromatic N) is 1. The number of rotatable bonds is 4. The van der Waals surface area contributed by atoms with E-state index in [4.69, 9.17) is 11.5 Å². The SMILES string of the molecule is C/C(CC(C)(C)C1CCCCC1)=N\[NH+]=C(N)N.[Cl-]. The zero-order valence-corrected chi connectivity index (χ0v) is 12.6. The summed E-state index contributed by atoms with van der Waals surface area (Å²) in [6.45, 7) is 6.72. The number of guanidine groups is 1. The summed E-state index contributed by atoms with van der Waals surface area (Å²) >= 11 is 0. The summed E-state index contributed by atoms with van der Waals surface area (Å²) in [6, 6.07) is 0. The van der Waals surface area contributed by atoms with Gasteiger partial charge in [0.15, 0.2) is 0 Å². The fraction of sp³-hybridized carbons (Fsp3) is 0.846. The summed E-state index contributed by atoms with van der Waals surface area (Å²) in [7, 11) is 0. The van der Waals surface area contributed by atoms with Crippen molar-refractivity contribution in [3.05, 3.63) is 0 Å². The molecule has 1 aliphatic rings. The Hall–Kier alpha value is -0.770. The van der Waals surface area contributed by atoms with Gasteiger partial charge in [-0.05, 0) is 37.5 Å². The molecule has 0 radical (unpaired) electrons. The molecule has 0 atom stereocenters. The summed E-state index contributed by atoms with van der Waals surface area (Å²) in [5.74, 6) is 0.973. The van der Waals surface area contributed by atoms with Crippen molar-refractivity contribution in [2.75, 3.05) is 0 Å². The molecule has 0 unspecified atom stereocenters. The monoisotopic (exact) mass is 274 g/mol. The first kappa shape index (κ1) is 17.2. The van der Waals surface area contributed by atoms with Crippen LogP contribution >= 0.6 is 0 Å². The van der Waals surface area contributed by atoms with Gasteiger partial charge in [-0.25, -0.2) is 0 Å². The molecule has 0 aromatic rings. The third-order valence-electron chi connectivity index (χ3n) is 3.80. The van der Waals surface area contributed by atoms with E-state index in [9.17, 15) is 0 Å². The van der Waals surface area contributed by atoms with Crippen LogP contribution in [-0.2, 0) is 0 Å². The van der Waals surface area contributed by atoms with Crippen molar-refractivity contribution in [2.45, 2.75) is 59.3 Å². The van der Waals surface area contributed by atoms with Crippen molar-refractivity contribution in [2.24, 2.45) is 27.9 Å². The van der Waals surface area contributed by atoms with Crippen LogP contribution in [0.3, 0.4) is 0 Å². The van der Waals surface area contributed by atoms with Crippen molar-refractivity contribution in [1.29, 1.82) is 0 Å². The Labute approximate surface area is 117 Å². The Bertz CT molecular complexity index is 300. The zero-order chi connectivity index (χ0) is 12.9. The fourth-order valence-corrected chi connectivity index (χ4v) is 2.89. The molecular formula is C13H27ClN4. The van der Waals surface area contributed by atoms with Crippen molar-refractivity contribution in [1.82, 2.24) is 0 Å². The van der Waals surface area contributed by atoms with Crippen LogP contribution < -0.4 is 29.0 Å². The Morgan fingerprint density at radius 3 is 2.28 bits per heavy atom. The highest BCUT2D eigenvalue weighted by atomic mass is 35.5. The smallest absolute Gasteiger partial charge is 0.362 e. The van der Waals surface area contributed by atoms with E-state index in [1.54, 1.807) is 0 Å². The predicted molar refractivity (Wildman–Crippen MR) is 72.4 cm³/mol. The standard InChI is InChI=1S/C13H26N4.ClH/c1-10(16-17-12(14)15)9-13(2,3)11-7-5-4-6-8-11;/h11H,4-9H2,1-3H3,(H4,14,15,17);1H/b16-10+;. The quantitative estimate of drug-likeness (QED) is 0.307. The molecule has 0 spiro atoms. The lowest BCUT2D eigenvalue weighted by atomic mass is 9.69. The molecule has 1 fully saturated rings. The van der Waals surface area contributed by atoms with E-state index >= 15 is 0 Å². The highest BCUT2D eigenvalue weighted by molar-refractivity contribution is 5.82. The van der Waals surface area contributed by atoms with E-state index < -0.39 is 0 Å². The Kier molecular flexibility index (Phi) is 7.29. The number of nitrogens with one attached hydrogen (secondary N) is 1. The summed E-state index contributed by atoms with van der Waals surface area (Å²) in [5, 5.41) is 6.81. The average molecular weight is 275 g/mol. The minimum atomic E-state index is 0. The third-order valence-corrected chi connectivity index (χ3v) is 3.80. The second-order valence-corrected chi connectivity index (χ2v) is 5.91. The van der Waals surface area contributed by atoms with Crippen LogP contribution in [0.15, 0.2) is 5.10 Å². The average Bonchev–Trinajstić information content (AvgIpc) is 2.27. The van der Waals surface area contributed by atoms with Crippen molar-refractivity contribution < 1.29 is 17.5 Å². The molecule has 0 aliphatic heterocycles. The first-order valence-electron chi connectivity index (χ1n) is 6.59. The Morgan fingerprint density at radius 2 is 1.78 bits per heavy atom. The van der Waals surface area contributed by atoms with Crippen molar-refractivity contribution >= 4 is 11.7 Å². The van der Waals surface area contributed by atoms with Crippen LogP contribution in [0.25, 0.3) is 0 Å². The second kappa shape index (κ2) is 7.62. The Balaban J connectivity index is 0.00000289. The fourth-order valence-electron chi connectivity index (χ4n) is 2.89. The van der Waals surface area contributed by atoms with E-state index in [-0.39, 0.29) is 18.4 Å². The van der Waals surface area contributed by atoms with Gasteiger partial charge in [0.05, 0.1) is 5.71 Å². The van der Waals surface area contributed by atoms with Gasteiger partial charge in [0, 0.05) is 0 Å². The molecule has 0 saturated heterocycles. The molecule has 0 aromatic carbocycles. The molecule has 1 aliphatic carbocycles. The minimum Gasteiger partial charge on any atom is -1.00 e. The van der Waals surface area contributed by atoms with E-state index in [0.717, 1.165) is 18.1 Å². The van der Waals surface area contributed by atoms with Crippen LogP contribution in [0.2, 0.25) is 0 Å². The van der Waals surface area contributed by atoms with Gasteiger partial charge < -0.3 is 12.4 Å². The molecule has 0 bridgehead atoms. The maximum atomic E-state index is 5.32.